The molecule has 0 spiro atoms. The quantitative estimate of drug-likeness (QED) is 0.122. The van der Waals surface area contributed by atoms with Gasteiger partial charge in [0.1, 0.15) is 0 Å². The SMILES string of the molecule is C1CC1.C=C(C)C(C)(Cc1cccc(C)c1)N=C(C)N.C=C(NCc1ccc(CC)cc1)Nc1cc(C)cc(C)c1.CC1CC1. The normalized spacial score (nSPS) is 14.5. The van der Waals surface area contributed by atoms with Gasteiger partial charge in [-0.1, -0.05) is 125 Å². The zero-order valence-electron chi connectivity index (χ0n) is 29.5. The molecule has 2 aliphatic carbocycles. The van der Waals surface area contributed by atoms with Gasteiger partial charge in [0.05, 0.1) is 17.2 Å². The van der Waals surface area contributed by atoms with Gasteiger partial charge in [0.15, 0.2) is 0 Å². The van der Waals surface area contributed by atoms with Crippen LogP contribution in [0.25, 0.3) is 0 Å². The summed E-state index contributed by atoms with van der Waals surface area (Å²) < 4.78 is 0. The van der Waals surface area contributed by atoms with E-state index in [0.717, 1.165) is 42.4 Å². The number of aliphatic imine (C=N–C) groups is 1. The third kappa shape index (κ3) is 16.7. The zero-order valence-corrected chi connectivity index (χ0v) is 29.5. The maximum Gasteiger partial charge on any atom is 0.0959 e. The predicted molar refractivity (Wildman–Crippen MR) is 199 cm³/mol. The Morgan fingerprint density at radius 2 is 1.40 bits per heavy atom. The highest BCUT2D eigenvalue weighted by molar-refractivity contribution is 5.78. The fraction of sp³-hybridized carbons (Fsp3) is 0.439. The summed E-state index contributed by atoms with van der Waals surface area (Å²) in [4.78, 5) is 4.53. The second-order valence-corrected chi connectivity index (χ2v) is 13.2. The molecule has 5 rings (SSSR count). The molecule has 4 nitrogen and oxygen atoms in total. The van der Waals surface area contributed by atoms with Gasteiger partial charge in [-0.25, -0.2) is 0 Å². The van der Waals surface area contributed by atoms with Crippen molar-refractivity contribution >= 4 is 11.5 Å². The highest BCUT2D eigenvalue weighted by atomic mass is 15.1. The van der Waals surface area contributed by atoms with E-state index in [0.29, 0.717) is 5.84 Å². The summed E-state index contributed by atoms with van der Waals surface area (Å²) in [5.74, 6) is 2.50. The van der Waals surface area contributed by atoms with Crippen molar-refractivity contribution < 1.29 is 0 Å². The van der Waals surface area contributed by atoms with Gasteiger partial charge in [-0.05, 0) is 93.8 Å². The van der Waals surface area contributed by atoms with E-state index in [9.17, 15) is 0 Å². The second kappa shape index (κ2) is 18.9. The van der Waals surface area contributed by atoms with E-state index in [1.807, 2.05) is 13.8 Å². The number of anilines is 1. The van der Waals surface area contributed by atoms with Crippen molar-refractivity contribution in [3.05, 3.63) is 125 Å². The molecule has 0 radical (unpaired) electrons. The van der Waals surface area contributed by atoms with Gasteiger partial charge in [-0.3, -0.25) is 4.99 Å². The van der Waals surface area contributed by atoms with Crippen LogP contribution in [0.15, 0.2) is 96.3 Å². The Labute approximate surface area is 275 Å². The van der Waals surface area contributed by atoms with Crippen LogP contribution in [0.5, 0.6) is 0 Å². The average Bonchev–Trinajstić information content (AvgIpc) is 3.88. The van der Waals surface area contributed by atoms with Crippen LogP contribution in [0, 0.1) is 26.7 Å². The molecule has 0 saturated heterocycles. The molecule has 1 unspecified atom stereocenters. The molecule has 3 aromatic carbocycles. The van der Waals surface area contributed by atoms with Crippen LogP contribution in [0.2, 0.25) is 0 Å². The standard InChI is InChI=1S/C19H24N2.C15H22N2.C4H8.C3H6/c1-5-17-6-8-18(9-7-17)13-20-16(4)21-19-11-14(2)10-15(3)12-19;1-11(2)15(5,17-13(4)16)10-14-8-6-7-12(3)9-14;1-4-2-3-4;1-2-3-1/h6-12,20-21H,4-5,13H2,1-3H3;6-9H,1,10H2,2-5H3,(H2,16,17);4H,2-3H2,1H3;1-3H2. The van der Waals surface area contributed by atoms with Gasteiger partial charge < -0.3 is 16.4 Å². The van der Waals surface area contributed by atoms with Crippen molar-refractivity contribution in [3.8, 4) is 0 Å². The van der Waals surface area contributed by atoms with E-state index in [-0.39, 0.29) is 5.54 Å². The number of nitrogens with zero attached hydrogens (tertiary/aromatic N) is 1. The number of aryl methyl sites for hydroxylation is 4. The average molecular weight is 609 g/mol. The summed E-state index contributed by atoms with van der Waals surface area (Å²) >= 11 is 0. The first-order valence-corrected chi connectivity index (χ1v) is 16.7. The first kappa shape index (κ1) is 37.4. The fourth-order valence-electron chi connectivity index (χ4n) is 4.43. The highest BCUT2D eigenvalue weighted by Crippen LogP contribution is 2.27. The van der Waals surface area contributed by atoms with Gasteiger partial charge in [0.2, 0.25) is 0 Å². The van der Waals surface area contributed by atoms with Crippen LogP contribution in [0.4, 0.5) is 5.69 Å². The van der Waals surface area contributed by atoms with Crippen LogP contribution in [0.3, 0.4) is 0 Å². The second-order valence-electron chi connectivity index (χ2n) is 13.2. The number of nitrogens with one attached hydrogen (secondary N) is 2. The minimum absolute atomic E-state index is 0.313. The Hall–Kier alpha value is -3.79. The van der Waals surface area contributed by atoms with Gasteiger partial charge in [0.25, 0.3) is 0 Å². The summed E-state index contributed by atoms with van der Waals surface area (Å²) in [6, 6.07) is 23.6. The van der Waals surface area contributed by atoms with Gasteiger partial charge >= 0.3 is 0 Å². The summed E-state index contributed by atoms with van der Waals surface area (Å²) in [7, 11) is 0. The Bertz CT molecular complexity index is 1350. The van der Waals surface area contributed by atoms with Crippen LogP contribution in [-0.2, 0) is 19.4 Å². The molecular formula is C41H60N4. The lowest BCUT2D eigenvalue weighted by molar-refractivity contribution is 0.550. The number of rotatable bonds is 10. The molecule has 0 aromatic heterocycles. The van der Waals surface area contributed by atoms with E-state index in [4.69, 9.17) is 5.73 Å². The Morgan fingerprint density at radius 3 is 1.84 bits per heavy atom. The first-order valence-electron chi connectivity index (χ1n) is 16.7. The van der Waals surface area contributed by atoms with Gasteiger partial charge in [-0.2, -0.15) is 0 Å². The maximum absolute atomic E-state index is 5.71. The van der Waals surface area contributed by atoms with Crippen molar-refractivity contribution in [2.45, 2.75) is 112 Å². The van der Waals surface area contributed by atoms with Crippen molar-refractivity contribution in [1.82, 2.24) is 5.32 Å². The van der Waals surface area contributed by atoms with E-state index in [2.05, 4.69) is 137 Å². The lowest BCUT2D eigenvalue weighted by Crippen LogP contribution is -2.29. The summed E-state index contributed by atoms with van der Waals surface area (Å²) in [5.41, 5.74) is 15.2. The molecule has 0 aliphatic heterocycles. The van der Waals surface area contributed by atoms with E-state index in [1.54, 1.807) is 0 Å². The Kier molecular flexibility index (Phi) is 15.7. The highest BCUT2D eigenvalue weighted by Gasteiger charge is 2.24. The molecule has 3 aromatic rings. The van der Waals surface area contributed by atoms with Crippen LogP contribution in [-0.4, -0.2) is 11.4 Å². The molecule has 0 heterocycles. The van der Waals surface area contributed by atoms with Crippen molar-refractivity contribution in [2.75, 3.05) is 5.32 Å². The van der Waals surface area contributed by atoms with E-state index in [1.165, 1.54) is 65.5 Å². The number of benzene rings is 3. The van der Waals surface area contributed by atoms with Crippen LogP contribution >= 0.6 is 0 Å². The fourth-order valence-corrected chi connectivity index (χ4v) is 4.43. The van der Waals surface area contributed by atoms with Crippen molar-refractivity contribution in [1.29, 1.82) is 0 Å². The topological polar surface area (TPSA) is 62.4 Å². The maximum atomic E-state index is 5.71. The van der Waals surface area contributed by atoms with Gasteiger partial charge in [-0.15, -0.1) is 0 Å². The molecule has 244 valence electrons. The van der Waals surface area contributed by atoms with Crippen molar-refractivity contribution in [3.63, 3.8) is 0 Å². The number of hydrogen-bond donors (Lipinski definition) is 3. The predicted octanol–water partition coefficient (Wildman–Crippen LogP) is 10.4. The Balaban J connectivity index is 0.000000260. The molecule has 2 saturated carbocycles. The molecule has 2 aliphatic rings. The lowest BCUT2D eigenvalue weighted by atomic mass is 9.87. The molecule has 0 amide bonds. The third-order valence-electron chi connectivity index (χ3n) is 7.65. The minimum atomic E-state index is -0.313. The smallest absolute Gasteiger partial charge is 0.0959 e. The Morgan fingerprint density at radius 1 is 0.844 bits per heavy atom. The van der Waals surface area contributed by atoms with Crippen molar-refractivity contribution in [2.24, 2.45) is 16.6 Å². The summed E-state index contributed by atoms with van der Waals surface area (Å²) in [6.45, 7) is 25.5. The number of nitrogens with two attached hydrogens (primary N) is 1. The lowest BCUT2D eigenvalue weighted by Gasteiger charge is -2.26. The van der Waals surface area contributed by atoms with E-state index >= 15 is 0 Å². The molecule has 45 heavy (non-hydrogen) atoms. The monoisotopic (exact) mass is 608 g/mol. The number of hydrogen-bond acceptors (Lipinski definition) is 3. The van der Waals surface area contributed by atoms with Crippen LogP contribution in [0.1, 0.15) is 100 Å². The van der Waals surface area contributed by atoms with Gasteiger partial charge in [0, 0.05) is 18.7 Å². The minimum Gasteiger partial charge on any atom is -0.388 e. The molecule has 4 N–H and O–H groups in total. The molecule has 1 atom stereocenters. The largest absolute Gasteiger partial charge is 0.388 e. The first-order chi connectivity index (χ1) is 21.3. The summed E-state index contributed by atoms with van der Waals surface area (Å²) in [5, 5.41) is 6.63. The zero-order chi connectivity index (χ0) is 33.4. The van der Waals surface area contributed by atoms with Crippen LogP contribution < -0.4 is 16.4 Å². The molecule has 4 heteroatoms. The molecule has 0 bridgehead atoms. The third-order valence-corrected chi connectivity index (χ3v) is 7.65. The van der Waals surface area contributed by atoms with E-state index < -0.39 is 0 Å². The number of amidine groups is 1. The molecular weight excluding hydrogens is 548 g/mol. The molecule has 2 fully saturated rings. The summed E-state index contributed by atoms with van der Waals surface area (Å²) in [6.07, 6.45) is 9.38.